The molecule has 5 heteroatoms. The van der Waals surface area contributed by atoms with Crippen LogP contribution in [0.3, 0.4) is 0 Å². The molecule has 2 aliphatic rings. The van der Waals surface area contributed by atoms with Crippen molar-refractivity contribution in [2.45, 2.75) is 38.1 Å². The molecule has 0 aromatic heterocycles. The predicted octanol–water partition coefficient (Wildman–Crippen LogP) is 3.04. The van der Waals surface area contributed by atoms with E-state index in [2.05, 4.69) is 4.90 Å². The lowest BCUT2D eigenvalue weighted by molar-refractivity contribution is 0.0361. The minimum absolute atomic E-state index is 0.213. The fourth-order valence-corrected chi connectivity index (χ4v) is 3.89. The molecule has 0 amide bonds. The standard InChI is InChI=1S/C18H25NO4/c1-22-17-11-13(18(20)21)7-8-16(17)23-12-14-5-4-10-19-9-3-2-6-15(14)19/h7-8,11,14-15H,2-6,9-10,12H2,1H3,(H,20,21)/t14-,15+/m0/s1. The molecule has 3 rings (SSSR count). The minimum Gasteiger partial charge on any atom is -0.493 e. The van der Waals surface area contributed by atoms with Gasteiger partial charge in [0.25, 0.3) is 0 Å². The topological polar surface area (TPSA) is 59.0 Å². The molecule has 0 unspecified atom stereocenters. The highest BCUT2D eigenvalue weighted by atomic mass is 16.5. The molecule has 0 spiro atoms. The molecule has 2 aliphatic heterocycles. The van der Waals surface area contributed by atoms with Crippen LogP contribution in [0.2, 0.25) is 0 Å². The number of hydrogen-bond acceptors (Lipinski definition) is 4. The molecule has 2 saturated heterocycles. The van der Waals surface area contributed by atoms with Gasteiger partial charge in [-0.2, -0.15) is 0 Å². The van der Waals surface area contributed by atoms with Crippen molar-refractivity contribution in [3.8, 4) is 11.5 Å². The molecule has 2 heterocycles. The van der Waals surface area contributed by atoms with Crippen molar-refractivity contribution in [2.24, 2.45) is 5.92 Å². The van der Waals surface area contributed by atoms with E-state index in [0.717, 1.165) is 0 Å². The summed E-state index contributed by atoms with van der Waals surface area (Å²) in [5.74, 6) is 0.708. The third kappa shape index (κ3) is 3.61. The highest BCUT2D eigenvalue weighted by Crippen LogP contribution is 2.33. The first-order valence-corrected chi connectivity index (χ1v) is 8.47. The quantitative estimate of drug-likeness (QED) is 0.904. The smallest absolute Gasteiger partial charge is 0.335 e. The zero-order valence-corrected chi connectivity index (χ0v) is 13.7. The lowest BCUT2D eigenvalue weighted by atomic mass is 9.84. The molecule has 0 bridgehead atoms. The van der Waals surface area contributed by atoms with Gasteiger partial charge in [0.05, 0.1) is 19.3 Å². The number of benzene rings is 1. The van der Waals surface area contributed by atoms with E-state index in [1.54, 1.807) is 12.1 Å². The van der Waals surface area contributed by atoms with Gasteiger partial charge in [-0.05, 0) is 57.0 Å². The van der Waals surface area contributed by atoms with Gasteiger partial charge in [-0.1, -0.05) is 6.42 Å². The molecular formula is C18H25NO4. The normalized spacial score (nSPS) is 24.7. The zero-order chi connectivity index (χ0) is 16.2. The molecule has 23 heavy (non-hydrogen) atoms. The van der Waals surface area contributed by atoms with Crippen LogP contribution in [0.5, 0.6) is 11.5 Å². The number of carbonyl (C=O) groups is 1. The lowest BCUT2D eigenvalue weighted by Gasteiger charge is -2.44. The summed E-state index contributed by atoms with van der Waals surface area (Å²) in [4.78, 5) is 13.7. The average Bonchev–Trinajstić information content (AvgIpc) is 2.59. The van der Waals surface area contributed by atoms with Crippen LogP contribution in [0.15, 0.2) is 18.2 Å². The van der Waals surface area contributed by atoms with Gasteiger partial charge in [0, 0.05) is 12.0 Å². The summed E-state index contributed by atoms with van der Waals surface area (Å²) >= 11 is 0. The van der Waals surface area contributed by atoms with Crippen LogP contribution in [-0.2, 0) is 0 Å². The van der Waals surface area contributed by atoms with E-state index >= 15 is 0 Å². The molecule has 0 radical (unpaired) electrons. The van der Waals surface area contributed by atoms with E-state index in [0.29, 0.717) is 30.1 Å². The van der Waals surface area contributed by atoms with Crippen LogP contribution >= 0.6 is 0 Å². The number of rotatable bonds is 5. The number of nitrogens with zero attached hydrogens (tertiary/aromatic N) is 1. The van der Waals surface area contributed by atoms with Gasteiger partial charge in [-0.25, -0.2) is 4.79 Å². The number of carboxylic acids is 1. The highest BCUT2D eigenvalue weighted by molar-refractivity contribution is 5.88. The Hall–Kier alpha value is -1.75. The summed E-state index contributed by atoms with van der Waals surface area (Å²) in [5.41, 5.74) is 0.213. The van der Waals surface area contributed by atoms with Gasteiger partial charge < -0.3 is 14.6 Å². The number of methoxy groups -OCH3 is 1. The molecule has 5 nitrogen and oxygen atoms in total. The molecule has 126 valence electrons. The Morgan fingerprint density at radius 1 is 1.22 bits per heavy atom. The van der Waals surface area contributed by atoms with Crippen LogP contribution in [0.1, 0.15) is 42.5 Å². The van der Waals surface area contributed by atoms with Crippen molar-refractivity contribution in [3.05, 3.63) is 23.8 Å². The molecule has 2 atom stereocenters. The van der Waals surface area contributed by atoms with Crippen molar-refractivity contribution in [3.63, 3.8) is 0 Å². The summed E-state index contributed by atoms with van der Waals surface area (Å²) in [7, 11) is 1.54. The lowest BCUT2D eigenvalue weighted by Crippen LogP contribution is -2.49. The second-order valence-corrected chi connectivity index (χ2v) is 6.48. The third-order valence-electron chi connectivity index (χ3n) is 5.09. The van der Waals surface area contributed by atoms with Gasteiger partial charge in [0.2, 0.25) is 0 Å². The number of fused-ring (bicyclic) bond motifs is 1. The van der Waals surface area contributed by atoms with E-state index in [1.165, 1.54) is 58.4 Å². The van der Waals surface area contributed by atoms with Crippen LogP contribution in [0, 0.1) is 5.92 Å². The van der Waals surface area contributed by atoms with Crippen LogP contribution in [0.25, 0.3) is 0 Å². The summed E-state index contributed by atoms with van der Waals surface area (Å²) in [6, 6.07) is 5.42. The number of aromatic carboxylic acids is 1. The largest absolute Gasteiger partial charge is 0.493 e. The summed E-state index contributed by atoms with van der Waals surface area (Å²) in [6.07, 6.45) is 6.34. The Morgan fingerprint density at radius 3 is 2.83 bits per heavy atom. The number of piperidine rings is 2. The van der Waals surface area contributed by atoms with E-state index in [9.17, 15) is 4.79 Å². The van der Waals surface area contributed by atoms with E-state index in [-0.39, 0.29) is 5.56 Å². The molecule has 2 fully saturated rings. The predicted molar refractivity (Wildman–Crippen MR) is 87.4 cm³/mol. The first kappa shape index (κ1) is 16.1. The summed E-state index contributed by atoms with van der Waals surface area (Å²) in [5, 5.41) is 9.06. The van der Waals surface area contributed by atoms with Gasteiger partial charge >= 0.3 is 5.97 Å². The van der Waals surface area contributed by atoms with Crippen molar-refractivity contribution in [2.75, 3.05) is 26.8 Å². The van der Waals surface area contributed by atoms with Crippen molar-refractivity contribution in [1.82, 2.24) is 4.90 Å². The maximum absolute atomic E-state index is 11.0. The molecular weight excluding hydrogens is 294 g/mol. The first-order valence-electron chi connectivity index (χ1n) is 8.47. The Labute approximate surface area is 137 Å². The Kier molecular flexibility index (Phi) is 5.06. The minimum atomic E-state index is -0.958. The van der Waals surface area contributed by atoms with Crippen molar-refractivity contribution < 1.29 is 19.4 Å². The molecule has 1 aromatic rings. The SMILES string of the molecule is COc1cc(C(=O)O)ccc1OC[C@@H]1CCCN2CCCC[C@H]12. The number of ether oxygens (including phenoxy) is 2. The maximum atomic E-state index is 11.0. The van der Waals surface area contributed by atoms with E-state index in [4.69, 9.17) is 14.6 Å². The number of carboxylic acid groups (broad SMARTS) is 1. The fourth-order valence-electron chi connectivity index (χ4n) is 3.89. The average molecular weight is 319 g/mol. The first-order chi connectivity index (χ1) is 11.2. The number of hydrogen-bond donors (Lipinski definition) is 1. The van der Waals surface area contributed by atoms with Crippen molar-refractivity contribution >= 4 is 5.97 Å². The molecule has 1 N–H and O–H groups in total. The van der Waals surface area contributed by atoms with E-state index < -0.39 is 5.97 Å². The second kappa shape index (κ2) is 7.21. The van der Waals surface area contributed by atoms with E-state index in [1.807, 2.05) is 0 Å². The Balaban J connectivity index is 1.66. The second-order valence-electron chi connectivity index (χ2n) is 6.48. The monoisotopic (exact) mass is 319 g/mol. The third-order valence-corrected chi connectivity index (χ3v) is 5.09. The Bertz CT molecular complexity index is 558. The van der Waals surface area contributed by atoms with Crippen molar-refractivity contribution in [1.29, 1.82) is 0 Å². The van der Waals surface area contributed by atoms with Gasteiger partial charge in [0.15, 0.2) is 11.5 Å². The molecule has 1 aromatic carbocycles. The molecule has 0 saturated carbocycles. The van der Waals surface area contributed by atoms with Crippen LogP contribution < -0.4 is 9.47 Å². The summed E-state index contributed by atoms with van der Waals surface area (Å²) < 4.78 is 11.3. The Morgan fingerprint density at radius 2 is 2.04 bits per heavy atom. The molecule has 0 aliphatic carbocycles. The van der Waals surface area contributed by atoms with Gasteiger partial charge in [-0.3, -0.25) is 4.90 Å². The fraction of sp³-hybridized carbons (Fsp3) is 0.611. The highest BCUT2D eigenvalue weighted by Gasteiger charge is 2.33. The van der Waals surface area contributed by atoms with Crippen LogP contribution in [-0.4, -0.2) is 48.8 Å². The van der Waals surface area contributed by atoms with Gasteiger partial charge in [0.1, 0.15) is 0 Å². The maximum Gasteiger partial charge on any atom is 0.335 e. The van der Waals surface area contributed by atoms with Crippen LogP contribution in [0.4, 0.5) is 0 Å². The van der Waals surface area contributed by atoms with Gasteiger partial charge in [-0.15, -0.1) is 0 Å². The zero-order valence-electron chi connectivity index (χ0n) is 13.7. The summed E-state index contributed by atoms with van der Waals surface area (Å²) in [6.45, 7) is 3.11.